The number of hydrogen-bond donors (Lipinski definition) is 1. The van der Waals surface area contributed by atoms with E-state index in [4.69, 9.17) is 4.52 Å². The van der Waals surface area contributed by atoms with Crippen LogP contribution in [0.1, 0.15) is 59.1 Å². The summed E-state index contributed by atoms with van der Waals surface area (Å²) in [6, 6.07) is 13.0. The Kier molecular flexibility index (Phi) is 4.53. The second-order valence-electron chi connectivity index (χ2n) is 7.09. The molecule has 0 aliphatic carbocycles. The molecule has 3 heterocycles. The van der Waals surface area contributed by atoms with Crippen molar-refractivity contribution in [3.8, 4) is 0 Å². The smallest absolute Gasteiger partial charge is 0.276 e. The third-order valence-electron chi connectivity index (χ3n) is 4.82. The van der Waals surface area contributed by atoms with Crippen LogP contribution in [0.4, 0.5) is 0 Å². The van der Waals surface area contributed by atoms with E-state index in [0.717, 1.165) is 11.3 Å². The SMILES string of the molecule is CC(C)c1cc(C(=O)N2CCn3nc([C@H](O)c4ccccc4)cc3C2)no1. The number of rotatable bonds is 4. The highest BCUT2D eigenvalue weighted by atomic mass is 16.5. The number of carbonyl (C=O) groups excluding carboxylic acids is 1. The van der Waals surface area contributed by atoms with Gasteiger partial charge in [-0.2, -0.15) is 5.10 Å². The third kappa shape index (κ3) is 3.38. The molecule has 1 aromatic carbocycles. The van der Waals surface area contributed by atoms with Gasteiger partial charge in [0.25, 0.3) is 5.91 Å². The maximum Gasteiger partial charge on any atom is 0.276 e. The van der Waals surface area contributed by atoms with Crippen LogP contribution in [0.2, 0.25) is 0 Å². The quantitative estimate of drug-likeness (QED) is 0.767. The van der Waals surface area contributed by atoms with E-state index < -0.39 is 6.10 Å². The Labute approximate surface area is 157 Å². The minimum atomic E-state index is -0.780. The second kappa shape index (κ2) is 7.00. The molecule has 3 aromatic rings. The molecule has 0 fully saturated rings. The van der Waals surface area contributed by atoms with Gasteiger partial charge in [-0.1, -0.05) is 49.3 Å². The van der Waals surface area contributed by atoms with Gasteiger partial charge >= 0.3 is 0 Å². The largest absolute Gasteiger partial charge is 0.382 e. The molecule has 4 rings (SSSR count). The zero-order valence-electron chi connectivity index (χ0n) is 15.4. The van der Waals surface area contributed by atoms with Gasteiger partial charge in [0.05, 0.1) is 24.5 Å². The Hall–Kier alpha value is -2.93. The van der Waals surface area contributed by atoms with Crippen molar-refractivity contribution in [1.29, 1.82) is 0 Å². The average molecular weight is 366 g/mol. The number of nitrogens with zero attached hydrogens (tertiary/aromatic N) is 4. The lowest BCUT2D eigenvalue weighted by molar-refractivity contribution is 0.0695. The van der Waals surface area contributed by atoms with Crippen molar-refractivity contribution in [2.24, 2.45) is 0 Å². The van der Waals surface area contributed by atoms with Crippen molar-refractivity contribution in [2.75, 3.05) is 6.54 Å². The Balaban J connectivity index is 1.51. The van der Waals surface area contributed by atoms with Crippen LogP contribution < -0.4 is 0 Å². The molecule has 0 saturated carbocycles. The number of aliphatic hydroxyl groups is 1. The summed E-state index contributed by atoms with van der Waals surface area (Å²) in [6.07, 6.45) is -0.780. The van der Waals surface area contributed by atoms with E-state index in [9.17, 15) is 9.90 Å². The van der Waals surface area contributed by atoms with E-state index in [2.05, 4.69) is 10.3 Å². The Morgan fingerprint density at radius 2 is 1.96 bits per heavy atom. The van der Waals surface area contributed by atoms with E-state index in [1.165, 1.54) is 0 Å². The molecule has 0 unspecified atom stereocenters. The van der Waals surface area contributed by atoms with Crippen LogP contribution >= 0.6 is 0 Å². The lowest BCUT2D eigenvalue weighted by Gasteiger charge is -2.26. The zero-order valence-corrected chi connectivity index (χ0v) is 15.4. The molecule has 0 bridgehead atoms. The van der Waals surface area contributed by atoms with Crippen molar-refractivity contribution in [3.05, 3.63) is 70.9 Å². The molecule has 1 aliphatic rings. The first-order valence-electron chi connectivity index (χ1n) is 9.08. The highest BCUT2D eigenvalue weighted by molar-refractivity contribution is 5.92. The van der Waals surface area contributed by atoms with Gasteiger partial charge in [0.1, 0.15) is 11.9 Å². The number of benzene rings is 1. The number of fused-ring (bicyclic) bond motifs is 1. The summed E-state index contributed by atoms with van der Waals surface area (Å²) in [4.78, 5) is 14.5. The van der Waals surface area contributed by atoms with Crippen LogP contribution in [0.3, 0.4) is 0 Å². The molecule has 7 nitrogen and oxygen atoms in total. The summed E-state index contributed by atoms with van der Waals surface area (Å²) >= 11 is 0. The molecule has 7 heteroatoms. The van der Waals surface area contributed by atoms with Crippen molar-refractivity contribution in [2.45, 2.75) is 39.0 Å². The van der Waals surface area contributed by atoms with Crippen LogP contribution in [-0.2, 0) is 13.1 Å². The first-order chi connectivity index (χ1) is 13.0. The van der Waals surface area contributed by atoms with E-state index >= 15 is 0 Å². The van der Waals surface area contributed by atoms with Crippen LogP contribution in [-0.4, -0.2) is 37.4 Å². The molecule has 27 heavy (non-hydrogen) atoms. The van der Waals surface area contributed by atoms with Gasteiger partial charge in [-0.25, -0.2) is 0 Å². The molecule has 1 amide bonds. The van der Waals surface area contributed by atoms with Gasteiger partial charge < -0.3 is 14.5 Å². The summed E-state index contributed by atoms with van der Waals surface area (Å²) in [5.74, 6) is 0.737. The van der Waals surface area contributed by atoms with Crippen LogP contribution in [0, 0.1) is 0 Å². The molecule has 0 saturated heterocycles. The first-order valence-corrected chi connectivity index (χ1v) is 9.08. The molecule has 1 N–H and O–H groups in total. The van der Waals surface area contributed by atoms with E-state index in [0.29, 0.717) is 36.8 Å². The van der Waals surface area contributed by atoms with Crippen LogP contribution in [0.25, 0.3) is 0 Å². The van der Waals surface area contributed by atoms with Crippen molar-refractivity contribution in [1.82, 2.24) is 19.8 Å². The third-order valence-corrected chi connectivity index (χ3v) is 4.82. The Morgan fingerprint density at radius 1 is 1.19 bits per heavy atom. The monoisotopic (exact) mass is 366 g/mol. The van der Waals surface area contributed by atoms with Crippen LogP contribution in [0.5, 0.6) is 0 Å². The second-order valence-corrected chi connectivity index (χ2v) is 7.09. The summed E-state index contributed by atoms with van der Waals surface area (Å²) in [5, 5.41) is 19.0. The predicted molar refractivity (Wildman–Crippen MR) is 98.1 cm³/mol. The number of hydrogen-bond acceptors (Lipinski definition) is 5. The number of aromatic nitrogens is 3. The maximum absolute atomic E-state index is 12.7. The van der Waals surface area contributed by atoms with Crippen molar-refractivity contribution >= 4 is 5.91 Å². The highest BCUT2D eigenvalue weighted by Crippen LogP contribution is 2.24. The molecule has 140 valence electrons. The molecule has 2 aromatic heterocycles. The zero-order chi connectivity index (χ0) is 19.0. The summed E-state index contributed by atoms with van der Waals surface area (Å²) in [7, 11) is 0. The maximum atomic E-state index is 12.7. The topological polar surface area (TPSA) is 84.4 Å². The number of amides is 1. The van der Waals surface area contributed by atoms with Gasteiger partial charge in [-0.15, -0.1) is 0 Å². The highest BCUT2D eigenvalue weighted by Gasteiger charge is 2.27. The fraction of sp³-hybridized carbons (Fsp3) is 0.350. The lowest BCUT2D eigenvalue weighted by Crippen LogP contribution is -2.38. The molecular formula is C20H22N4O3. The standard InChI is InChI=1S/C20H22N4O3/c1-13(2)18-11-17(22-27-18)20(26)23-8-9-24-15(12-23)10-16(21-24)19(25)14-6-4-3-5-7-14/h3-7,10-11,13,19,25H,8-9,12H2,1-2H3/t19-/m1/s1. The molecule has 0 radical (unpaired) electrons. The number of aliphatic hydroxyl groups excluding tert-OH is 1. The summed E-state index contributed by atoms with van der Waals surface area (Å²) in [5.41, 5.74) is 2.61. The fourth-order valence-corrected chi connectivity index (χ4v) is 3.23. The Morgan fingerprint density at radius 3 is 2.67 bits per heavy atom. The van der Waals surface area contributed by atoms with Crippen molar-refractivity contribution < 1.29 is 14.4 Å². The van der Waals surface area contributed by atoms with Crippen molar-refractivity contribution in [3.63, 3.8) is 0 Å². The predicted octanol–water partition coefficient (Wildman–Crippen LogP) is 2.73. The molecular weight excluding hydrogens is 344 g/mol. The number of carbonyl (C=O) groups is 1. The average Bonchev–Trinajstić information content (AvgIpc) is 3.34. The summed E-state index contributed by atoms with van der Waals surface area (Å²) < 4.78 is 7.10. The van der Waals surface area contributed by atoms with Gasteiger partial charge in [-0.05, 0) is 11.6 Å². The first kappa shape index (κ1) is 17.5. The van der Waals surface area contributed by atoms with E-state index in [1.807, 2.05) is 54.9 Å². The Bertz CT molecular complexity index is 945. The fourth-order valence-electron chi connectivity index (χ4n) is 3.23. The molecule has 1 atom stereocenters. The molecule has 1 aliphatic heterocycles. The molecule has 0 spiro atoms. The summed E-state index contributed by atoms with van der Waals surface area (Å²) in [6.45, 7) is 5.54. The van der Waals surface area contributed by atoms with Gasteiger partial charge in [0.2, 0.25) is 0 Å². The normalized spacial score (nSPS) is 15.0. The minimum absolute atomic E-state index is 0.150. The van der Waals surface area contributed by atoms with E-state index in [-0.39, 0.29) is 11.8 Å². The van der Waals surface area contributed by atoms with E-state index in [1.54, 1.807) is 11.0 Å². The van der Waals surface area contributed by atoms with Gasteiger partial charge in [-0.3, -0.25) is 9.48 Å². The minimum Gasteiger partial charge on any atom is -0.382 e. The van der Waals surface area contributed by atoms with Gasteiger partial charge in [0.15, 0.2) is 5.69 Å². The van der Waals surface area contributed by atoms with Crippen LogP contribution in [0.15, 0.2) is 47.0 Å². The van der Waals surface area contributed by atoms with Gasteiger partial charge in [0, 0.05) is 18.5 Å². The lowest BCUT2D eigenvalue weighted by atomic mass is 10.1.